The van der Waals surface area contributed by atoms with Gasteiger partial charge in [0.25, 0.3) is 5.91 Å². The number of ether oxygens (including phenoxy) is 2. The fraction of sp³-hybridized carbons (Fsp3) is 0.238. The van der Waals surface area contributed by atoms with Crippen molar-refractivity contribution < 1.29 is 19.1 Å². The molecule has 0 spiro atoms. The molecule has 0 saturated heterocycles. The summed E-state index contributed by atoms with van der Waals surface area (Å²) in [5, 5.41) is 2.73. The number of hydrogen-bond acceptors (Lipinski definition) is 5. The second kappa shape index (κ2) is 11.1. The Kier molecular flexibility index (Phi) is 8.45. The summed E-state index contributed by atoms with van der Waals surface area (Å²) >= 11 is 1.66. The van der Waals surface area contributed by atoms with Crippen LogP contribution in [0.5, 0.6) is 5.75 Å². The highest BCUT2D eigenvalue weighted by atomic mass is 32.2. The molecule has 142 valence electrons. The molecule has 0 bridgehead atoms. The minimum Gasteiger partial charge on any atom is -0.497 e. The Hall–Kier alpha value is -2.73. The van der Waals surface area contributed by atoms with Gasteiger partial charge in [0, 0.05) is 23.3 Å². The maximum atomic E-state index is 11.7. The highest BCUT2D eigenvalue weighted by molar-refractivity contribution is 7.99. The number of aryl methyl sites for hydroxylation is 1. The number of benzene rings is 2. The summed E-state index contributed by atoms with van der Waals surface area (Å²) in [6.45, 7) is 2.26. The standard InChI is InChI=1S/C21H23NO4S/c1-16-3-10-19(11-4-16)27-14-13-22-20(23)15-26-21(24)12-7-17-5-8-18(25-2)9-6-17/h3-12H,13-15H2,1-2H3,(H,22,23)/b12-7+. The molecule has 0 heterocycles. The van der Waals surface area contributed by atoms with E-state index in [1.54, 1.807) is 37.1 Å². The number of carbonyl (C=O) groups is 2. The first kappa shape index (κ1) is 20.6. The first-order valence-corrected chi connectivity index (χ1v) is 9.50. The van der Waals surface area contributed by atoms with E-state index in [0.717, 1.165) is 22.0 Å². The van der Waals surface area contributed by atoms with E-state index in [1.165, 1.54) is 11.6 Å². The Balaban J connectivity index is 1.61. The van der Waals surface area contributed by atoms with E-state index in [2.05, 4.69) is 29.6 Å². The van der Waals surface area contributed by atoms with Crippen LogP contribution in [-0.2, 0) is 14.3 Å². The van der Waals surface area contributed by atoms with E-state index in [1.807, 2.05) is 19.1 Å². The average molecular weight is 385 g/mol. The van der Waals surface area contributed by atoms with Crippen molar-refractivity contribution in [3.05, 3.63) is 65.7 Å². The predicted molar refractivity (Wildman–Crippen MR) is 108 cm³/mol. The van der Waals surface area contributed by atoms with Gasteiger partial charge in [-0.15, -0.1) is 11.8 Å². The van der Waals surface area contributed by atoms with Crippen LogP contribution in [0.4, 0.5) is 0 Å². The van der Waals surface area contributed by atoms with Crippen molar-refractivity contribution in [1.82, 2.24) is 5.32 Å². The SMILES string of the molecule is COc1ccc(/C=C/C(=O)OCC(=O)NCCSc2ccc(C)cc2)cc1. The van der Waals surface area contributed by atoms with Gasteiger partial charge in [-0.2, -0.15) is 0 Å². The first-order valence-electron chi connectivity index (χ1n) is 8.52. The van der Waals surface area contributed by atoms with E-state index >= 15 is 0 Å². The molecule has 27 heavy (non-hydrogen) atoms. The molecule has 6 heteroatoms. The van der Waals surface area contributed by atoms with Crippen LogP contribution < -0.4 is 10.1 Å². The van der Waals surface area contributed by atoms with Crippen LogP contribution in [0.3, 0.4) is 0 Å². The number of carbonyl (C=O) groups excluding carboxylic acids is 2. The Morgan fingerprint density at radius 1 is 1.07 bits per heavy atom. The predicted octanol–water partition coefficient (Wildman–Crippen LogP) is 3.47. The molecule has 0 aliphatic heterocycles. The lowest BCUT2D eigenvalue weighted by molar-refractivity contribution is -0.143. The Morgan fingerprint density at radius 3 is 2.44 bits per heavy atom. The molecule has 0 saturated carbocycles. The van der Waals surface area contributed by atoms with Gasteiger partial charge in [0.2, 0.25) is 0 Å². The molecule has 0 unspecified atom stereocenters. The lowest BCUT2D eigenvalue weighted by Gasteiger charge is -2.06. The van der Waals surface area contributed by atoms with Gasteiger partial charge in [-0.3, -0.25) is 4.79 Å². The van der Waals surface area contributed by atoms with E-state index in [9.17, 15) is 9.59 Å². The molecule has 1 amide bonds. The third kappa shape index (κ3) is 8.00. The molecule has 0 fully saturated rings. The van der Waals surface area contributed by atoms with Crippen LogP contribution in [0.2, 0.25) is 0 Å². The van der Waals surface area contributed by atoms with Gasteiger partial charge in [0.15, 0.2) is 6.61 Å². The number of methoxy groups -OCH3 is 1. The number of esters is 1. The van der Waals surface area contributed by atoms with Gasteiger partial charge < -0.3 is 14.8 Å². The van der Waals surface area contributed by atoms with Crippen LogP contribution in [-0.4, -0.2) is 37.9 Å². The number of hydrogen-bond donors (Lipinski definition) is 1. The van der Waals surface area contributed by atoms with E-state index in [4.69, 9.17) is 9.47 Å². The summed E-state index contributed by atoms with van der Waals surface area (Å²) in [7, 11) is 1.59. The van der Waals surface area contributed by atoms with Crippen LogP contribution >= 0.6 is 11.8 Å². The average Bonchev–Trinajstić information content (AvgIpc) is 2.69. The highest BCUT2D eigenvalue weighted by Gasteiger charge is 2.04. The topological polar surface area (TPSA) is 64.6 Å². The minimum absolute atomic E-state index is 0.291. The van der Waals surface area contributed by atoms with E-state index in [-0.39, 0.29) is 12.5 Å². The van der Waals surface area contributed by atoms with Gasteiger partial charge in [-0.1, -0.05) is 29.8 Å². The van der Waals surface area contributed by atoms with Crippen molar-refractivity contribution in [2.75, 3.05) is 26.0 Å². The normalized spacial score (nSPS) is 10.6. The van der Waals surface area contributed by atoms with Crippen molar-refractivity contribution >= 4 is 29.7 Å². The molecule has 0 radical (unpaired) electrons. The van der Waals surface area contributed by atoms with Gasteiger partial charge in [-0.25, -0.2) is 4.79 Å². The molecule has 0 atom stereocenters. The van der Waals surface area contributed by atoms with Crippen molar-refractivity contribution in [1.29, 1.82) is 0 Å². The summed E-state index contributed by atoms with van der Waals surface area (Å²) in [6.07, 6.45) is 2.92. The van der Waals surface area contributed by atoms with Crippen LogP contribution in [0.1, 0.15) is 11.1 Å². The molecule has 2 aromatic rings. The fourth-order valence-corrected chi connectivity index (χ4v) is 2.88. The van der Waals surface area contributed by atoms with Crippen molar-refractivity contribution in [3.63, 3.8) is 0 Å². The largest absolute Gasteiger partial charge is 0.497 e. The fourth-order valence-electron chi connectivity index (χ4n) is 2.11. The molecule has 2 rings (SSSR count). The monoisotopic (exact) mass is 385 g/mol. The Labute approximate surface area is 163 Å². The molecule has 0 aliphatic carbocycles. The number of rotatable bonds is 9. The minimum atomic E-state index is -0.560. The zero-order chi connectivity index (χ0) is 19.5. The second-order valence-corrected chi connectivity index (χ2v) is 6.89. The molecule has 1 N–H and O–H groups in total. The first-order chi connectivity index (χ1) is 13.1. The lowest BCUT2D eigenvalue weighted by Crippen LogP contribution is -2.30. The maximum absolute atomic E-state index is 11.7. The quantitative estimate of drug-likeness (QED) is 0.310. The second-order valence-electron chi connectivity index (χ2n) is 5.73. The van der Waals surface area contributed by atoms with Gasteiger partial charge in [0.05, 0.1) is 7.11 Å². The zero-order valence-electron chi connectivity index (χ0n) is 15.4. The van der Waals surface area contributed by atoms with Crippen molar-refractivity contribution in [2.45, 2.75) is 11.8 Å². The highest BCUT2D eigenvalue weighted by Crippen LogP contribution is 2.17. The van der Waals surface area contributed by atoms with Crippen LogP contribution in [0.15, 0.2) is 59.5 Å². The van der Waals surface area contributed by atoms with E-state index in [0.29, 0.717) is 6.54 Å². The van der Waals surface area contributed by atoms with Crippen molar-refractivity contribution in [2.24, 2.45) is 0 Å². The number of amides is 1. The molecule has 0 aromatic heterocycles. The summed E-state index contributed by atoms with van der Waals surface area (Å²) in [5.74, 6) is 0.618. The molecule has 2 aromatic carbocycles. The van der Waals surface area contributed by atoms with Gasteiger partial charge in [0.1, 0.15) is 5.75 Å². The van der Waals surface area contributed by atoms with Crippen molar-refractivity contribution in [3.8, 4) is 5.75 Å². The van der Waals surface area contributed by atoms with Crippen LogP contribution in [0.25, 0.3) is 6.08 Å². The summed E-state index contributed by atoms with van der Waals surface area (Å²) in [5.41, 5.74) is 2.06. The Bertz CT molecular complexity index is 770. The molecular formula is C21H23NO4S. The number of thioether (sulfide) groups is 1. The molecular weight excluding hydrogens is 362 g/mol. The lowest BCUT2D eigenvalue weighted by atomic mass is 10.2. The maximum Gasteiger partial charge on any atom is 0.331 e. The molecule has 0 aliphatic rings. The van der Waals surface area contributed by atoms with Crippen LogP contribution in [0, 0.1) is 6.92 Å². The van der Waals surface area contributed by atoms with E-state index < -0.39 is 5.97 Å². The summed E-state index contributed by atoms with van der Waals surface area (Å²) < 4.78 is 10.00. The Morgan fingerprint density at radius 2 is 1.78 bits per heavy atom. The summed E-state index contributed by atoms with van der Waals surface area (Å²) in [6, 6.07) is 15.5. The molecule has 5 nitrogen and oxygen atoms in total. The van der Waals surface area contributed by atoms with Gasteiger partial charge in [-0.05, 0) is 42.8 Å². The number of nitrogens with one attached hydrogen (secondary N) is 1. The summed E-state index contributed by atoms with van der Waals surface area (Å²) in [4.78, 5) is 24.5. The zero-order valence-corrected chi connectivity index (χ0v) is 16.3. The third-order valence-corrected chi connectivity index (χ3v) is 4.60. The smallest absolute Gasteiger partial charge is 0.331 e. The third-order valence-electron chi connectivity index (χ3n) is 3.59. The van der Waals surface area contributed by atoms with Gasteiger partial charge >= 0.3 is 5.97 Å².